The van der Waals surface area contributed by atoms with Crippen LogP contribution in [-0.2, 0) is 9.53 Å². The molecule has 118 valence electrons. The number of carbonyl (C=O) groups is 1. The van der Waals surface area contributed by atoms with E-state index in [4.69, 9.17) is 18.9 Å². The molecule has 22 heavy (non-hydrogen) atoms. The zero-order valence-corrected chi connectivity index (χ0v) is 13.3. The maximum Gasteiger partial charge on any atom is 0.363 e. The summed E-state index contributed by atoms with van der Waals surface area (Å²) in [5.74, 6) is 1.52. The van der Waals surface area contributed by atoms with E-state index in [0.29, 0.717) is 28.7 Å². The first-order chi connectivity index (χ1) is 10.5. The van der Waals surface area contributed by atoms with Gasteiger partial charge in [0.1, 0.15) is 0 Å². The van der Waals surface area contributed by atoms with E-state index >= 15 is 0 Å². The van der Waals surface area contributed by atoms with Gasteiger partial charge in [-0.25, -0.2) is 9.79 Å². The fourth-order valence-electron chi connectivity index (χ4n) is 2.02. The molecule has 1 heterocycles. The molecule has 0 unspecified atom stereocenters. The van der Waals surface area contributed by atoms with Crippen LogP contribution in [0.1, 0.15) is 19.4 Å². The minimum atomic E-state index is -0.461. The van der Waals surface area contributed by atoms with Gasteiger partial charge in [-0.15, -0.1) is 0 Å². The summed E-state index contributed by atoms with van der Waals surface area (Å²) in [6, 6.07) is 3.48. The lowest BCUT2D eigenvalue weighted by atomic mass is 10.1. The second-order valence-electron chi connectivity index (χ2n) is 4.98. The number of nitrogens with zero attached hydrogens (tertiary/aromatic N) is 1. The fourth-order valence-corrected chi connectivity index (χ4v) is 2.02. The molecule has 1 aromatic rings. The van der Waals surface area contributed by atoms with Crippen molar-refractivity contribution in [2.24, 2.45) is 10.9 Å². The van der Waals surface area contributed by atoms with E-state index < -0.39 is 5.97 Å². The van der Waals surface area contributed by atoms with Crippen molar-refractivity contribution in [1.29, 1.82) is 0 Å². The van der Waals surface area contributed by atoms with E-state index in [2.05, 4.69) is 4.99 Å². The smallest absolute Gasteiger partial charge is 0.363 e. The Morgan fingerprint density at radius 3 is 2.09 bits per heavy atom. The molecule has 1 aliphatic heterocycles. The summed E-state index contributed by atoms with van der Waals surface area (Å²) in [7, 11) is 4.60. The molecule has 1 aliphatic rings. The second kappa shape index (κ2) is 6.51. The lowest BCUT2D eigenvalue weighted by Gasteiger charge is -2.12. The average molecular weight is 305 g/mol. The predicted molar refractivity (Wildman–Crippen MR) is 82.4 cm³/mol. The van der Waals surface area contributed by atoms with Crippen molar-refractivity contribution in [3.05, 3.63) is 23.4 Å². The molecule has 6 nitrogen and oxygen atoms in total. The number of esters is 1. The summed E-state index contributed by atoms with van der Waals surface area (Å²) in [5.41, 5.74) is 0.952. The van der Waals surface area contributed by atoms with Gasteiger partial charge in [0.25, 0.3) is 0 Å². The third-order valence-corrected chi connectivity index (χ3v) is 3.12. The van der Waals surface area contributed by atoms with Crippen LogP contribution >= 0.6 is 0 Å². The summed E-state index contributed by atoms with van der Waals surface area (Å²) in [5, 5.41) is 0. The third-order valence-electron chi connectivity index (χ3n) is 3.12. The van der Waals surface area contributed by atoms with Crippen LogP contribution < -0.4 is 14.2 Å². The second-order valence-corrected chi connectivity index (χ2v) is 4.98. The number of cyclic esters (lactones) is 1. The Balaban J connectivity index is 2.45. The maximum atomic E-state index is 11.8. The summed E-state index contributed by atoms with van der Waals surface area (Å²) in [6.07, 6.45) is 1.63. The van der Waals surface area contributed by atoms with E-state index in [9.17, 15) is 4.79 Å². The lowest BCUT2D eigenvalue weighted by Crippen LogP contribution is -2.09. The highest BCUT2D eigenvalue weighted by Crippen LogP contribution is 2.39. The highest BCUT2D eigenvalue weighted by atomic mass is 16.6. The van der Waals surface area contributed by atoms with Crippen LogP contribution in [0.15, 0.2) is 22.8 Å². The standard InChI is InChI=1S/C16H19NO5/c1-9(2)15-17-11(16(18)22-15)6-10-7-12(19-3)14(21-5)13(8-10)20-4/h6-9H,1-5H3/b11-6+. The minimum absolute atomic E-state index is 0.0507. The van der Waals surface area contributed by atoms with Crippen LogP contribution in [0.25, 0.3) is 6.08 Å². The van der Waals surface area contributed by atoms with Gasteiger partial charge in [-0.2, -0.15) is 0 Å². The van der Waals surface area contributed by atoms with Crippen LogP contribution in [0.3, 0.4) is 0 Å². The molecule has 1 aromatic carbocycles. The summed E-state index contributed by atoms with van der Waals surface area (Å²) >= 11 is 0. The Hall–Kier alpha value is -2.50. The van der Waals surface area contributed by atoms with Crippen LogP contribution in [-0.4, -0.2) is 33.2 Å². The summed E-state index contributed by atoms with van der Waals surface area (Å²) in [4.78, 5) is 16.0. The Labute approximate surface area is 129 Å². The van der Waals surface area contributed by atoms with Crippen LogP contribution in [0.4, 0.5) is 0 Å². The van der Waals surface area contributed by atoms with Crippen molar-refractivity contribution in [1.82, 2.24) is 0 Å². The lowest BCUT2D eigenvalue weighted by molar-refractivity contribution is -0.130. The predicted octanol–water partition coefficient (Wildman–Crippen LogP) is 2.66. The number of hydrogen-bond donors (Lipinski definition) is 0. The molecule has 0 spiro atoms. The first kappa shape index (κ1) is 15.9. The zero-order chi connectivity index (χ0) is 16.3. The number of rotatable bonds is 5. The first-order valence-corrected chi connectivity index (χ1v) is 6.82. The Morgan fingerprint density at radius 1 is 1.09 bits per heavy atom. The van der Waals surface area contributed by atoms with Gasteiger partial charge in [-0.05, 0) is 23.8 Å². The molecule has 0 aliphatic carbocycles. The molecule has 6 heteroatoms. The van der Waals surface area contributed by atoms with Crippen molar-refractivity contribution >= 4 is 17.9 Å². The van der Waals surface area contributed by atoms with Gasteiger partial charge in [-0.3, -0.25) is 0 Å². The summed E-state index contributed by atoms with van der Waals surface area (Å²) < 4.78 is 21.0. The molecule has 0 saturated carbocycles. The largest absolute Gasteiger partial charge is 0.493 e. The monoisotopic (exact) mass is 305 g/mol. The SMILES string of the molecule is COc1cc(/C=C2/N=C(C(C)C)OC2=O)cc(OC)c1OC. The first-order valence-electron chi connectivity index (χ1n) is 6.82. The van der Waals surface area contributed by atoms with Gasteiger partial charge in [0.15, 0.2) is 17.2 Å². The molecule has 0 N–H and O–H groups in total. The number of aliphatic imine (C=N–C) groups is 1. The number of benzene rings is 1. The van der Waals surface area contributed by atoms with Gasteiger partial charge in [-0.1, -0.05) is 13.8 Å². The molecule has 0 fully saturated rings. The molecule has 0 saturated heterocycles. The molecule has 0 aromatic heterocycles. The van der Waals surface area contributed by atoms with E-state index in [1.54, 1.807) is 18.2 Å². The Kier molecular flexibility index (Phi) is 4.70. The number of ether oxygens (including phenoxy) is 4. The van der Waals surface area contributed by atoms with Crippen molar-refractivity contribution in [2.45, 2.75) is 13.8 Å². The van der Waals surface area contributed by atoms with Crippen molar-refractivity contribution in [3.63, 3.8) is 0 Å². The third kappa shape index (κ3) is 3.05. The van der Waals surface area contributed by atoms with E-state index in [0.717, 1.165) is 0 Å². The quantitative estimate of drug-likeness (QED) is 0.618. The highest BCUT2D eigenvalue weighted by Gasteiger charge is 2.25. The Bertz CT molecular complexity index is 621. The van der Waals surface area contributed by atoms with Gasteiger partial charge >= 0.3 is 5.97 Å². The van der Waals surface area contributed by atoms with E-state index in [-0.39, 0.29) is 11.6 Å². The normalized spacial score (nSPS) is 15.8. The van der Waals surface area contributed by atoms with E-state index in [1.807, 2.05) is 13.8 Å². The molecule has 0 radical (unpaired) electrons. The number of carbonyl (C=O) groups excluding carboxylic acids is 1. The van der Waals surface area contributed by atoms with E-state index in [1.165, 1.54) is 21.3 Å². The van der Waals surface area contributed by atoms with Crippen molar-refractivity contribution < 1.29 is 23.7 Å². The van der Waals surface area contributed by atoms with Crippen LogP contribution in [0.5, 0.6) is 17.2 Å². The van der Waals surface area contributed by atoms with Gasteiger partial charge in [0.05, 0.1) is 21.3 Å². The minimum Gasteiger partial charge on any atom is -0.493 e. The van der Waals surface area contributed by atoms with Crippen molar-refractivity contribution in [2.75, 3.05) is 21.3 Å². The van der Waals surface area contributed by atoms with Gasteiger partial charge < -0.3 is 18.9 Å². The van der Waals surface area contributed by atoms with Crippen molar-refractivity contribution in [3.8, 4) is 17.2 Å². The molecule has 0 bridgehead atoms. The fraction of sp³-hybridized carbons (Fsp3) is 0.375. The average Bonchev–Trinajstić information content (AvgIpc) is 2.87. The molecule has 0 atom stereocenters. The molecular formula is C16H19NO5. The topological polar surface area (TPSA) is 66.4 Å². The Morgan fingerprint density at radius 2 is 1.68 bits per heavy atom. The molecule has 0 amide bonds. The van der Waals surface area contributed by atoms with Crippen LogP contribution in [0, 0.1) is 5.92 Å². The number of hydrogen-bond acceptors (Lipinski definition) is 6. The van der Waals surface area contributed by atoms with Gasteiger partial charge in [0.2, 0.25) is 11.6 Å². The molecule has 2 rings (SSSR count). The van der Waals surface area contributed by atoms with Crippen LogP contribution in [0.2, 0.25) is 0 Å². The zero-order valence-electron chi connectivity index (χ0n) is 13.3. The van der Waals surface area contributed by atoms with Gasteiger partial charge in [0, 0.05) is 5.92 Å². The maximum absolute atomic E-state index is 11.8. The summed E-state index contributed by atoms with van der Waals surface area (Å²) in [6.45, 7) is 3.82. The molecular weight excluding hydrogens is 286 g/mol. The highest BCUT2D eigenvalue weighted by molar-refractivity contribution is 6.07. The number of methoxy groups -OCH3 is 3.